The molecule has 0 N–H and O–H groups in total. The molecule has 0 fully saturated rings. The van der Waals surface area contributed by atoms with E-state index < -0.39 is 11.0 Å². The summed E-state index contributed by atoms with van der Waals surface area (Å²) in [4.78, 5) is 35.0. The second kappa shape index (κ2) is 9.20. The molecule has 0 saturated heterocycles. The molecular weight excluding hydrogens is 489 g/mol. The molecule has 2 amide bonds. The minimum absolute atomic E-state index is 0.0269. The maximum Gasteiger partial charge on any atom is 0.330 e. The fraction of sp³-hybridized carbons (Fsp3) is 0.190. The van der Waals surface area contributed by atoms with Crippen LogP contribution in [0.3, 0.4) is 0 Å². The monoisotopic (exact) mass is 505 g/mol. The van der Waals surface area contributed by atoms with Crippen LogP contribution in [0.1, 0.15) is 5.56 Å². The molecule has 3 aromatic rings. The van der Waals surface area contributed by atoms with Crippen LogP contribution in [-0.4, -0.2) is 42.2 Å². The Morgan fingerprint density at radius 1 is 1.09 bits per heavy atom. The van der Waals surface area contributed by atoms with E-state index in [-0.39, 0.29) is 57.0 Å². The fourth-order valence-corrected chi connectivity index (χ4v) is 4.12. The van der Waals surface area contributed by atoms with Crippen molar-refractivity contribution in [3.05, 3.63) is 62.3 Å². The number of hydrogen-bond donors (Lipinski definition) is 0. The summed E-state index contributed by atoms with van der Waals surface area (Å²) >= 11 is 13.0. The minimum atomic E-state index is -0.572. The Kier molecular flexibility index (Phi) is 6.31. The zero-order valence-electron chi connectivity index (χ0n) is 18.1. The van der Waals surface area contributed by atoms with Crippen molar-refractivity contribution in [2.75, 3.05) is 31.1 Å². The summed E-state index contributed by atoms with van der Waals surface area (Å²) in [6.07, 6.45) is 1.46. The molecule has 1 aliphatic heterocycles. The van der Waals surface area contributed by atoms with Gasteiger partial charge in [-0.05, 0) is 6.07 Å². The number of fused-ring (bicyclic) bond motifs is 1. The van der Waals surface area contributed by atoms with Crippen LogP contribution in [0, 0.1) is 10.1 Å². The molecule has 0 radical (unpaired) electrons. The van der Waals surface area contributed by atoms with Gasteiger partial charge in [0.2, 0.25) is 5.75 Å². The van der Waals surface area contributed by atoms with Gasteiger partial charge in [0.15, 0.2) is 0 Å². The molecule has 1 aromatic heterocycles. The van der Waals surface area contributed by atoms with Crippen molar-refractivity contribution in [1.82, 2.24) is 9.97 Å². The number of halogens is 2. The highest BCUT2D eigenvalue weighted by Crippen LogP contribution is 2.47. The normalized spacial score (nSPS) is 12.9. The van der Waals surface area contributed by atoms with Crippen LogP contribution in [-0.2, 0) is 6.54 Å². The third-order valence-corrected chi connectivity index (χ3v) is 5.80. The van der Waals surface area contributed by atoms with E-state index in [2.05, 4.69) is 9.97 Å². The highest BCUT2D eigenvalue weighted by Gasteiger charge is 2.35. The lowest BCUT2D eigenvalue weighted by molar-refractivity contribution is -0.385. The van der Waals surface area contributed by atoms with Gasteiger partial charge in [0, 0.05) is 30.9 Å². The van der Waals surface area contributed by atoms with Crippen molar-refractivity contribution in [3.63, 3.8) is 0 Å². The Hall–Kier alpha value is -3.83. The van der Waals surface area contributed by atoms with Crippen LogP contribution in [0.25, 0.3) is 0 Å². The van der Waals surface area contributed by atoms with Crippen LogP contribution in [0.15, 0.2) is 36.5 Å². The highest BCUT2D eigenvalue weighted by molar-refractivity contribution is 6.42. The van der Waals surface area contributed by atoms with Crippen LogP contribution in [0.4, 0.5) is 22.0 Å². The zero-order valence-corrected chi connectivity index (χ0v) is 19.6. The molecule has 4 rings (SSSR count). The van der Waals surface area contributed by atoms with Gasteiger partial charge in [-0.25, -0.2) is 9.78 Å². The first kappa shape index (κ1) is 23.3. The number of nitro benzene ring substituents is 1. The predicted molar refractivity (Wildman–Crippen MR) is 125 cm³/mol. The van der Waals surface area contributed by atoms with E-state index in [1.54, 1.807) is 6.07 Å². The molecule has 0 unspecified atom stereocenters. The molecular formula is C21H17Cl2N5O6. The Labute approximate surface area is 203 Å². The molecule has 11 nitrogen and oxygen atoms in total. The number of amides is 2. The van der Waals surface area contributed by atoms with Gasteiger partial charge in [0.25, 0.3) is 0 Å². The van der Waals surface area contributed by atoms with Crippen LogP contribution >= 0.6 is 23.2 Å². The van der Waals surface area contributed by atoms with Crippen molar-refractivity contribution in [2.24, 2.45) is 0 Å². The van der Waals surface area contributed by atoms with Crippen molar-refractivity contribution in [1.29, 1.82) is 0 Å². The number of para-hydroxylation sites is 2. The van der Waals surface area contributed by atoms with E-state index in [1.165, 1.54) is 61.5 Å². The Bertz CT molecular complexity index is 1280. The van der Waals surface area contributed by atoms with Gasteiger partial charge in [0.1, 0.15) is 27.4 Å². The average Bonchev–Trinajstić information content (AvgIpc) is 2.83. The summed E-state index contributed by atoms with van der Waals surface area (Å²) in [5.41, 5.74) is 0.531. The molecule has 2 heterocycles. The number of nitrogens with zero attached hydrogens (tertiary/aromatic N) is 5. The SMILES string of the molecule is COc1cc(OC)c(Cl)c(N2Cc3cnc(Oc4ccccc4[N+](=O)[O-])nc3N(C)C2=O)c1Cl. The number of methoxy groups -OCH3 is 2. The number of carbonyl (C=O) groups is 1. The first-order valence-electron chi connectivity index (χ1n) is 9.69. The fourth-order valence-electron chi connectivity index (χ4n) is 3.42. The van der Waals surface area contributed by atoms with Crippen LogP contribution in [0.2, 0.25) is 10.0 Å². The molecule has 0 atom stereocenters. The van der Waals surface area contributed by atoms with Gasteiger partial charge in [-0.15, -0.1) is 0 Å². The van der Waals surface area contributed by atoms with Gasteiger partial charge >= 0.3 is 17.7 Å². The molecule has 1 aliphatic rings. The Morgan fingerprint density at radius 3 is 2.35 bits per heavy atom. The lowest BCUT2D eigenvalue weighted by atomic mass is 10.2. The van der Waals surface area contributed by atoms with Gasteiger partial charge in [-0.2, -0.15) is 4.98 Å². The molecule has 0 saturated carbocycles. The minimum Gasteiger partial charge on any atom is -0.495 e. The van der Waals surface area contributed by atoms with Gasteiger partial charge in [-0.1, -0.05) is 35.3 Å². The molecule has 2 aromatic carbocycles. The standard InChI is InChI=1S/C21H17Cl2N5O6/c1-26-19-11(9-24-20(25-19)34-13-7-5-4-6-12(13)28(30)31)10-27(21(26)29)18-16(22)14(32-2)8-15(33-3)17(18)23/h4-9H,10H2,1-3H3. The van der Waals surface area contributed by atoms with Crippen LogP contribution in [0.5, 0.6) is 23.3 Å². The number of anilines is 2. The van der Waals surface area contributed by atoms with E-state index >= 15 is 0 Å². The van der Waals surface area contributed by atoms with E-state index in [0.29, 0.717) is 5.56 Å². The quantitative estimate of drug-likeness (QED) is 0.336. The number of hydrogen-bond acceptors (Lipinski definition) is 8. The second-order valence-corrected chi connectivity index (χ2v) is 7.77. The van der Waals surface area contributed by atoms with Crippen molar-refractivity contribution < 1.29 is 23.9 Å². The second-order valence-electron chi connectivity index (χ2n) is 7.01. The lowest BCUT2D eigenvalue weighted by Gasteiger charge is -2.35. The van der Waals surface area contributed by atoms with Gasteiger partial charge in [0.05, 0.1) is 31.4 Å². The number of rotatable bonds is 6. The van der Waals surface area contributed by atoms with Gasteiger partial charge in [-0.3, -0.25) is 19.9 Å². The zero-order chi connectivity index (χ0) is 24.6. The molecule has 13 heteroatoms. The number of aromatic nitrogens is 2. The molecule has 176 valence electrons. The summed E-state index contributed by atoms with van der Waals surface area (Å²) < 4.78 is 16.1. The molecule has 0 bridgehead atoms. The van der Waals surface area contributed by atoms with Crippen molar-refractivity contribution in [2.45, 2.75) is 6.54 Å². The van der Waals surface area contributed by atoms with E-state index in [4.69, 9.17) is 37.4 Å². The molecule has 0 aliphatic carbocycles. The maximum atomic E-state index is 13.3. The van der Waals surface area contributed by atoms with Crippen LogP contribution < -0.4 is 24.0 Å². The largest absolute Gasteiger partial charge is 0.495 e. The average molecular weight is 506 g/mol. The first-order valence-corrected chi connectivity index (χ1v) is 10.4. The van der Waals surface area contributed by atoms with Gasteiger partial charge < -0.3 is 14.2 Å². The highest BCUT2D eigenvalue weighted by atomic mass is 35.5. The summed E-state index contributed by atoms with van der Waals surface area (Å²) in [6, 6.07) is 6.72. The van der Waals surface area contributed by atoms with E-state index in [9.17, 15) is 14.9 Å². The number of carbonyl (C=O) groups excluding carboxylic acids is 1. The summed E-state index contributed by atoms with van der Waals surface area (Å²) in [6.45, 7) is 0.0417. The Balaban J connectivity index is 1.72. The third-order valence-electron chi connectivity index (χ3n) is 5.07. The maximum absolute atomic E-state index is 13.3. The number of nitro groups is 1. The number of ether oxygens (including phenoxy) is 3. The topological polar surface area (TPSA) is 120 Å². The van der Waals surface area contributed by atoms with Crippen molar-refractivity contribution in [3.8, 4) is 23.3 Å². The van der Waals surface area contributed by atoms with E-state index in [1.807, 2.05) is 0 Å². The molecule has 0 spiro atoms. The predicted octanol–water partition coefficient (Wildman–Crippen LogP) is 5.08. The number of urea groups is 1. The van der Waals surface area contributed by atoms with E-state index in [0.717, 1.165) is 0 Å². The smallest absolute Gasteiger partial charge is 0.330 e. The molecule has 34 heavy (non-hydrogen) atoms. The summed E-state index contributed by atoms with van der Waals surface area (Å²) in [5.74, 6) is 0.806. The number of benzene rings is 2. The summed E-state index contributed by atoms with van der Waals surface area (Å²) in [5, 5.41) is 11.5. The lowest BCUT2D eigenvalue weighted by Crippen LogP contribution is -2.46. The first-order chi connectivity index (χ1) is 16.3. The summed E-state index contributed by atoms with van der Waals surface area (Å²) in [7, 11) is 4.38. The third kappa shape index (κ3) is 3.99. The van der Waals surface area contributed by atoms with Crippen molar-refractivity contribution >= 4 is 46.4 Å². The Morgan fingerprint density at radius 2 is 1.74 bits per heavy atom.